The molecule has 6 nitrogen and oxygen atoms in total. The van der Waals surface area contributed by atoms with E-state index >= 15 is 0 Å². The summed E-state index contributed by atoms with van der Waals surface area (Å²) in [5.74, 6) is -0.463. The lowest BCUT2D eigenvalue weighted by molar-refractivity contribution is 0.0773. The van der Waals surface area contributed by atoms with Gasteiger partial charge in [0.15, 0.2) is 0 Å². The molecule has 1 saturated heterocycles. The van der Waals surface area contributed by atoms with Crippen LogP contribution in [0.5, 0.6) is 0 Å². The van der Waals surface area contributed by atoms with Crippen molar-refractivity contribution >= 4 is 21.6 Å². The van der Waals surface area contributed by atoms with Crippen LogP contribution < -0.4 is 9.62 Å². The van der Waals surface area contributed by atoms with Crippen LogP contribution in [-0.4, -0.2) is 51.4 Å². The van der Waals surface area contributed by atoms with Crippen molar-refractivity contribution in [2.24, 2.45) is 0 Å². The summed E-state index contributed by atoms with van der Waals surface area (Å²) in [6.45, 7) is 6.50. The number of rotatable bonds is 7. The first-order chi connectivity index (χ1) is 14.4. The number of nitrogens with zero attached hydrogens (tertiary/aromatic N) is 2. The molecule has 8 heteroatoms. The van der Waals surface area contributed by atoms with Gasteiger partial charge in [-0.3, -0.25) is 4.79 Å². The summed E-state index contributed by atoms with van der Waals surface area (Å²) in [7, 11) is -3.69. The molecule has 0 bridgehead atoms. The number of piperidine rings is 1. The molecule has 0 saturated carbocycles. The molecule has 0 spiro atoms. The Bertz CT molecular complexity index is 967. The predicted octanol–water partition coefficient (Wildman–Crippen LogP) is 3.26. The van der Waals surface area contributed by atoms with Crippen LogP contribution in [-0.2, 0) is 10.0 Å². The van der Waals surface area contributed by atoms with Gasteiger partial charge in [-0.15, -0.1) is 0 Å². The average Bonchev–Trinajstić information content (AvgIpc) is 2.75. The van der Waals surface area contributed by atoms with Crippen LogP contribution in [0.25, 0.3) is 0 Å². The summed E-state index contributed by atoms with van der Waals surface area (Å²) in [6, 6.07) is 12.2. The Morgan fingerprint density at radius 3 is 2.27 bits per heavy atom. The number of amides is 1. The average molecular weight is 434 g/mol. The zero-order chi connectivity index (χ0) is 21.7. The van der Waals surface area contributed by atoms with Crippen molar-refractivity contribution in [2.75, 3.05) is 31.1 Å². The lowest BCUT2D eigenvalue weighted by atomic mass is 10.0. The summed E-state index contributed by atoms with van der Waals surface area (Å²) < 4.78 is 40.9. The Balaban J connectivity index is 1.68. The van der Waals surface area contributed by atoms with E-state index in [0.29, 0.717) is 44.6 Å². The molecule has 1 heterocycles. The van der Waals surface area contributed by atoms with Crippen LogP contribution in [0.3, 0.4) is 0 Å². The maximum absolute atomic E-state index is 13.1. The molecule has 1 aliphatic heterocycles. The molecule has 2 aromatic rings. The molecule has 1 amide bonds. The standard InChI is InChI=1S/C22H28FN3O3S/c1-3-25(4-2)22(27)20-7-5-6-8-21(20)26-15-13-18(14-16-26)24-30(28,29)19-11-9-17(23)10-12-19/h5-12,18,24H,3-4,13-16H2,1-2H3. The first-order valence-electron chi connectivity index (χ1n) is 10.3. The quantitative estimate of drug-likeness (QED) is 0.728. The molecule has 0 radical (unpaired) electrons. The topological polar surface area (TPSA) is 69.7 Å². The van der Waals surface area contributed by atoms with E-state index in [0.717, 1.165) is 17.8 Å². The lowest BCUT2D eigenvalue weighted by Gasteiger charge is -2.35. The minimum atomic E-state index is -3.69. The molecule has 0 unspecified atom stereocenters. The molecule has 30 heavy (non-hydrogen) atoms. The number of anilines is 1. The fourth-order valence-corrected chi connectivity index (χ4v) is 5.06. The Morgan fingerprint density at radius 1 is 1.07 bits per heavy atom. The molecule has 0 atom stereocenters. The van der Waals surface area contributed by atoms with Gasteiger partial charge < -0.3 is 9.80 Å². The van der Waals surface area contributed by atoms with Gasteiger partial charge in [-0.1, -0.05) is 12.1 Å². The molecule has 1 N–H and O–H groups in total. The molecular weight excluding hydrogens is 405 g/mol. The second-order valence-electron chi connectivity index (χ2n) is 7.33. The van der Waals surface area contributed by atoms with Gasteiger partial charge in [0.05, 0.1) is 10.5 Å². The largest absolute Gasteiger partial charge is 0.371 e. The minimum Gasteiger partial charge on any atom is -0.371 e. The van der Waals surface area contributed by atoms with E-state index in [1.54, 1.807) is 4.90 Å². The fraction of sp³-hybridized carbons (Fsp3) is 0.409. The van der Waals surface area contributed by atoms with Crippen LogP contribution in [0.15, 0.2) is 53.4 Å². The molecule has 162 valence electrons. The van der Waals surface area contributed by atoms with Crippen molar-refractivity contribution in [3.63, 3.8) is 0 Å². The van der Waals surface area contributed by atoms with Gasteiger partial charge in [0.2, 0.25) is 10.0 Å². The van der Waals surface area contributed by atoms with E-state index in [9.17, 15) is 17.6 Å². The zero-order valence-electron chi connectivity index (χ0n) is 17.3. The summed E-state index contributed by atoms with van der Waals surface area (Å²) in [4.78, 5) is 16.9. The van der Waals surface area contributed by atoms with Gasteiger partial charge in [-0.05, 0) is 63.1 Å². The Hall–Kier alpha value is -2.45. The minimum absolute atomic E-state index is 0.00901. The highest BCUT2D eigenvalue weighted by atomic mass is 32.2. The molecule has 1 aliphatic rings. The fourth-order valence-electron chi connectivity index (χ4n) is 3.75. The lowest BCUT2D eigenvalue weighted by Crippen LogP contribution is -2.45. The molecule has 2 aromatic carbocycles. The van der Waals surface area contributed by atoms with Crippen LogP contribution >= 0.6 is 0 Å². The summed E-state index contributed by atoms with van der Waals surface area (Å²) in [6.07, 6.45) is 1.24. The smallest absolute Gasteiger partial charge is 0.255 e. The van der Waals surface area contributed by atoms with E-state index in [-0.39, 0.29) is 16.8 Å². The third kappa shape index (κ3) is 4.99. The number of carbonyl (C=O) groups excluding carboxylic acids is 1. The number of carbonyl (C=O) groups is 1. The van der Waals surface area contributed by atoms with E-state index in [4.69, 9.17) is 0 Å². The van der Waals surface area contributed by atoms with Gasteiger partial charge in [-0.25, -0.2) is 17.5 Å². The third-order valence-corrected chi connectivity index (χ3v) is 7.00. The molecule has 3 rings (SSSR count). The monoisotopic (exact) mass is 433 g/mol. The van der Waals surface area contributed by atoms with Crippen LogP contribution in [0, 0.1) is 5.82 Å². The van der Waals surface area contributed by atoms with Crippen molar-refractivity contribution in [2.45, 2.75) is 37.6 Å². The highest BCUT2D eigenvalue weighted by Gasteiger charge is 2.27. The number of hydrogen-bond donors (Lipinski definition) is 1. The SMILES string of the molecule is CCN(CC)C(=O)c1ccccc1N1CCC(NS(=O)(=O)c2ccc(F)cc2)CC1. The molecule has 0 aliphatic carbocycles. The summed E-state index contributed by atoms with van der Waals surface area (Å²) >= 11 is 0. The second-order valence-corrected chi connectivity index (χ2v) is 9.05. The van der Waals surface area contributed by atoms with Crippen molar-refractivity contribution in [1.82, 2.24) is 9.62 Å². The van der Waals surface area contributed by atoms with E-state index in [2.05, 4.69) is 9.62 Å². The Morgan fingerprint density at radius 2 is 1.67 bits per heavy atom. The van der Waals surface area contributed by atoms with Crippen molar-refractivity contribution in [3.8, 4) is 0 Å². The maximum Gasteiger partial charge on any atom is 0.255 e. The first kappa shape index (κ1) is 22.2. The van der Waals surface area contributed by atoms with Crippen molar-refractivity contribution < 1.29 is 17.6 Å². The van der Waals surface area contributed by atoms with Crippen LogP contribution in [0.1, 0.15) is 37.0 Å². The first-order valence-corrected chi connectivity index (χ1v) is 11.7. The number of benzene rings is 2. The molecular formula is C22H28FN3O3S. The second kappa shape index (κ2) is 9.57. The van der Waals surface area contributed by atoms with Gasteiger partial charge in [0, 0.05) is 37.9 Å². The van der Waals surface area contributed by atoms with Crippen molar-refractivity contribution in [1.29, 1.82) is 0 Å². The maximum atomic E-state index is 13.1. The molecule has 1 fully saturated rings. The number of sulfonamides is 1. The number of nitrogens with one attached hydrogen (secondary N) is 1. The van der Waals surface area contributed by atoms with Crippen LogP contribution in [0.2, 0.25) is 0 Å². The summed E-state index contributed by atoms with van der Waals surface area (Å²) in [5.41, 5.74) is 1.56. The van der Waals surface area contributed by atoms with E-state index in [1.807, 2.05) is 38.1 Å². The zero-order valence-corrected chi connectivity index (χ0v) is 18.2. The van der Waals surface area contributed by atoms with Gasteiger partial charge in [0.1, 0.15) is 5.82 Å². The normalized spacial score (nSPS) is 15.2. The highest BCUT2D eigenvalue weighted by Crippen LogP contribution is 2.26. The summed E-state index contributed by atoms with van der Waals surface area (Å²) in [5, 5.41) is 0. The van der Waals surface area contributed by atoms with E-state index < -0.39 is 15.8 Å². The Labute approximate surface area is 177 Å². The Kier molecular flexibility index (Phi) is 7.10. The highest BCUT2D eigenvalue weighted by molar-refractivity contribution is 7.89. The number of halogens is 1. The predicted molar refractivity (Wildman–Crippen MR) is 116 cm³/mol. The molecule has 0 aromatic heterocycles. The third-order valence-electron chi connectivity index (χ3n) is 5.47. The van der Waals surface area contributed by atoms with Gasteiger partial charge in [-0.2, -0.15) is 0 Å². The van der Waals surface area contributed by atoms with Gasteiger partial charge >= 0.3 is 0 Å². The van der Waals surface area contributed by atoms with Crippen LogP contribution in [0.4, 0.5) is 10.1 Å². The van der Waals surface area contributed by atoms with Gasteiger partial charge in [0.25, 0.3) is 5.91 Å². The number of para-hydroxylation sites is 1. The number of hydrogen-bond acceptors (Lipinski definition) is 4. The van der Waals surface area contributed by atoms with Crippen molar-refractivity contribution in [3.05, 3.63) is 59.9 Å². The van der Waals surface area contributed by atoms with E-state index in [1.165, 1.54) is 12.1 Å².